The molecule has 0 aromatic carbocycles. The Hall–Kier alpha value is -0.380. The number of thiophene rings is 1. The predicted octanol–water partition coefficient (Wildman–Crippen LogP) is 2.38. The zero-order chi connectivity index (χ0) is 11.5. The lowest BCUT2D eigenvalue weighted by atomic mass is 10.1. The van der Waals surface area contributed by atoms with E-state index in [1.165, 1.54) is 4.88 Å². The van der Waals surface area contributed by atoms with Crippen LogP contribution in [0, 0.1) is 0 Å². The van der Waals surface area contributed by atoms with E-state index in [0.717, 1.165) is 6.42 Å². The summed E-state index contributed by atoms with van der Waals surface area (Å²) in [5.41, 5.74) is -0.613. The number of hydrogen-bond acceptors (Lipinski definition) is 3. The molecule has 1 aromatic rings. The summed E-state index contributed by atoms with van der Waals surface area (Å²) in [5, 5.41) is 11.8. The maximum Gasteiger partial charge on any atom is 0.0718 e. The van der Waals surface area contributed by atoms with Crippen LogP contribution in [0.25, 0.3) is 0 Å². The van der Waals surface area contributed by atoms with E-state index in [-0.39, 0.29) is 0 Å². The molecule has 1 unspecified atom stereocenters. The van der Waals surface area contributed by atoms with Crippen LogP contribution in [-0.2, 0) is 6.42 Å². The van der Waals surface area contributed by atoms with Crippen molar-refractivity contribution in [3.63, 3.8) is 0 Å². The van der Waals surface area contributed by atoms with Gasteiger partial charge in [-0.25, -0.2) is 0 Å². The number of nitrogens with zero attached hydrogens (tertiary/aromatic N) is 1. The minimum Gasteiger partial charge on any atom is -0.389 e. The Kier molecular flexibility index (Phi) is 4.32. The van der Waals surface area contributed by atoms with Gasteiger partial charge in [0, 0.05) is 17.5 Å². The molecule has 0 amide bonds. The summed E-state index contributed by atoms with van der Waals surface area (Å²) in [4.78, 5) is 3.62. The van der Waals surface area contributed by atoms with E-state index < -0.39 is 5.60 Å². The third-order valence-electron chi connectivity index (χ3n) is 2.47. The lowest BCUT2D eigenvalue weighted by Crippen LogP contribution is -2.41. The van der Waals surface area contributed by atoms with Gasteiger partial charge < -0.3 is 10.0 Å². The summed E-state index contributed by atoms with van der Waals surface area (Å²) in [6.45, 7) is 6.60. The average molecular weight is 227 g/mol. The van der Waals surface area contributed by atoms with Gasteiger partial charge in [-0.3, -0.25) is 0 Å². The van der Waals surface area contributed by atoms with Gasteiger partial charge in [0.2, 0.25) is 0 Å². The molecule has 86 valence electrons. The number of aliphatic hydroxyl groups is 1. The van der Waals surface area contributed by atoms with E-state index in [9.17, 15) is 5.11 Å². The van der Waals surface area contributed by atoms with Crippen molar-refractivity contribution in [3.8, 4) is 0 Å². The highest BCUT2D eigenvalue weighted by atomic mass is 32.1. The molecule has 0 fully saturated rings. The Balaban J connectivity index is 2.43. The summed E-state index contributed by atoms with van der Waals surface area (Å²) in [7, 11) is 2.07. The van der Waals surface area contributed by atoms with E-state index in [0.29, 0.717) is 12.6 Å². The lowest BCUT2D eigenvalue weighted by molar-refractivity contribution is 0.0337. The van der Waals surface area contributed by atoms with Crippen LogP contribution in [-0.4, -0.2) is 35.2 Å². The van der Waals surface area contributed by atoms with Gasteiger partial charge in [0.25, 0.3) is 0 Å². The van der Waals surface area contributed by atoms with Gasteiger partial charge in [0.05, 0.1) is 5.60 Å². The minimum absolute atomic E-state index is 0.468. The Morgan fingerprint density at radius 3 is 2.67 bits per heavy atom. The van der Waals surface area contributed by atoms with Crippen molar-refractivity contribution in [2.24, 2.45) is 0 Å². The van der Waals surface area contributed by atoms with Crippen molar-refractivity contribution >= 4 is 11.3 Å². The van der Waals surface area contributed by atoms with Gasteiger partial charge in [-0.2, -0.15) is 0 Å². The van der Waals surface area contributed by atoms with Crippen LogP contribution in [0.3, 0.4) is 0 Å². The second-order valence-electron chi connectivity index (χ2n) is 4.86. The first-order valence-electron chi connectivity index (χ1n) is 5.33. The van der Waals surface area contributed by atoms with Gasteiger partial charge in [-0.05, 0) is 45.7 Å². The molecule has 1 heterocycles. The van der Waals surface area contributed by atoms with Crippen LogP contribution in [0.2, 0.25) is 0 Å². The van der Waals surface area contributed by atoms with Crippen LogP contribution in [0.5, 0.6) is 0 Å². The van der Waals surface area contributed by atoms with Crippen LogP contribution >= 0.6 is 11.3 Å². The minimum atomic E-state index is -0.613. The molecule has 1 N–H and O–H groups in total. The van der Waals surface area contributed by atoms with Crippen molar-refractivity contribution in [2.75, 3.05) is 13.6 Å². The highest BCUT2D eigenvalue weighted by molar-refractivity contribution is 7.09. The molecule has 3 heteroatoms. The first-order valence-corrected chi connectivity index (χ1v) is 6.21. The fourth-order valence-corrected chi connectivity index (χ4v) is 2.47. The Morgan fingerprint density at radius 1 is 1.53 bits per heavy atom. The van der Waals surface area contributed by atoms with E-state index in [1.54, 1.807) is 11.3 Å². The topological polar surface area (TPSA) is 23.5 Å². The first kappa shape index (κ1) is 12.7. The van der Waals surface area contributed by atoms with Crippen molar-refractivity contribution in [1.82, 2.24) is 4.90 Å². The van der Waals surface area contributed by atoms with Gasteiger partial charge in [-0.15, -0.1) is 11.3 Å². The molecule has 2 nitrogen and oxygen atoms in total. The highest BCUT2D eigenvalue weighted by Crippen LogP contribution is 2.15. The van der Waals surface area contributed by atoms with Crippen LogP contribution < -0.4 is 0 Å². The molecule has 1 rings (SSSR count). The number of hydrogen-bond donors (Lipinski definition) is 1. The molecule has 0 spiro atoms. The second kappa shape index (κ2) is 5.10. The lowest BCUT2D eigenvalue weighted by Gasteiger charge is -2.30. The third kappa shape index (κ3) is 4.78. The van der Waals surface area contributed by atoms with Gasteiger partial charge >= 0.3 is 0 Å². The molecular formula is C12H21NOS. The standard InChI is InChI=1S/C12H21NOS/c1-10(8-11-6-5-7-15-11)13(4)9-12(2,3)14/h5-7,10,14H,8-9H2,1-4H3. The summed E-state index contributed by atoms with van der Waals surface area (Å²) in [6, 6.07) is 4.72. The summed E-state index contributed by atoms with van der Waals surface area (Å²) >= 11 is 1.80. The molecule has 0 bridgehead atoms. The molecule has 1 atom stereocenters. The van der Waals surface area contributed by atoms with Crippen LogP contribution in [0.4, 0.5) is 0 Å². The monoisotopic (exact) mass is 227 g/mol. The summed E-state index contributed by atoms with van der Waals surface area (Å²) in [6.07, 6.45) is 1.06. The van der Waals surface area contributed by atoms with Gasteiger partial charge in [0.15, 0.2) is 0 Å². The predicted molar refractivity (Wildman–Crippen MR) is 66.4 cm³/mol. The van der Waals surface area contributed by atoms with Crippen molar-refractivity contribution < 1.29 is 5.11 Å². The SMILES string of the molecule is CC(Cc1cccs1)N(C)CC(C)(C)O. The van der Waals surface area contributed by atoms with Crippen LogP contribution in [0.15, 0.2) is 17.5 Å². The molecule has 1 aromatic heterocycles. The van der Waals surface area contributed by atoms with E-state index in [2.05, 4.69) is 36.4 Å². The largest absolute Gasteiger partial charge is 0.389 e. The zero-order valence-corrected chi connectivity index (χ0v) is 10.8. The molecule has 0 radical (unpaired) electrons. The fraction of sp³-hybridized carbons (Fsp3) is 0.667. The molecular weight excluding hydrogens is 206 g/mol. The number of likely N-dealkylation sites (N-methyl/N-ethyl adjacent to an activating group) is 1. The highest BCUT2D eigenvalue weighted by Gasteiger charge is 2.19. The molecule has 0 aliphatic rings. The summed E-state index contributed by atoms with van der Waals surface area (Å²) < 4.78 is 0. The maximum atomic E-state index is 9.72. The second-order valence-corrected chi connectivity index (χ2v) is 5.89. The molecule has 0 aliphatic carbocycles. The zero-order valence-electron chi connectivity index (χ0n) is 10.0. The van der Waals surface area contributed by atoms with Crippen molar-refractivity contribution in [2.45, 2.75) is 38.8 Å². The first-order chi connectivity index (χ1) is 6.88. The van der Waals surface area contributed by atoms with Crippen LogP contribution in [0.1, 0.15) is 25.6 Å². The Labute approximate surface area is 96.5 Å². The Morgan fingerprint density at radius 2 is 2.20 bits per heavy atom. The van der Waals surface area contributed by atoms with Crippen molar-refractivity contribution in [3.05, 3.63) is 22.4 Å². The quantitative estimate of drug-likeness (QED) is 0.835. The maximum absolute atomic E-state index is 9.72. The van der Waals surface area contributed by atoms with Gasteiger partial charge in [0.1, 0.15) is 0 Å². The molecule has 0 saturated heterocycles. The number of rotatable bonds is 5. The molecule has 0 saturated carbocycles. The molecule has 0 aliphatic heterocycles. The average Bonchev–Trinajstić information content (AvgIpc) is 2.53. The van der Waals surface area contributed by atoms with E-state index in [4.69, 9.17) is 0 Å². The van der Waals surface area contributed by atoms with Crippen molar-refractivity contribution in [1.29, 1.82) is 0 Å². The van der Waals surface area contributed by atoms with Gasteiger partial charge in [-0.1, -0.05) is 6.07 Å². The summed E-state index contributed by atoms with van der Waals surface area (Å²) in [5.74, 6) is 0. The Bertz CT molecular complexity index is 276. The smallest absolute Gasteiger partial charge is 0.0718 e. The third-order valence-corrected chi connectivity index (χ3v) is 3.36. The van der Waals surface area contributed by atoms with E-state index >= 15 is 0 Å². The molecule has 15 heavy (non-hydrogen) atoms. The normalized spacial score (nSPS) is 14.5. The van der Waals surface area contributed by atoms with E-state index in [1.807, 2.05) is 13.8 Å². The fourth-order valence-electron chi connectivity index (χ4n) is 1.64.